The molecule has 2 amide bonds. The van der Waals surface area contributed by atoms with Gasteiger partial charge in [0, 0.05) is 20.0 Å². The number of amides is 2. The minimum atomic E-state index is -4.12. The summed E-state index contributed by atoms with van der Waals surface area (Å²) in [5.74, 6) is -0.563. The van der Waals surface area contributed by atoms with Gasteiger partial charge in [0.25, 0.3) is 10.0 Å². The number of likely N-dealkylation sites (N-methyl/N-ethyl adjacent to an activating group) is 1. The van der Waals surface area contributed by atoms with Gasteiger partial charge in [-0.15, -0.1) is 0 Å². The van der Waals surface area contributed by atoms with Crippen LogP contribution in [0.25, 0.3) is 0 Å². The summed E-state index contributed by atoms with van der Waals surface area (Å²) in [6.07, 6.45) is 0.270. The van der Waals surface area contributed by atoms with E-state index >= 15 is 0 Å². The van der Waals surface area contributed by atoms with E-state index in [2.05, 4.69) is 19.2 Å². The Bertz CT molecular complexity index is 1610. The molecule has 224 valence electrons. The molecule has 0 heterocycles. The molecule has 0 radical (unpaired) electrons. The van der Waals surface area contributed by atoms with Crippen molar-refractivity contribution in [1.82, 2.24) is 10.2 Å². The minimum absolute atomic E-state index is 0.0768. The van der Waals surface area contributed by atoms with Gasteiger partial charge in [-0.25, -0.2) is 8.42 Å². The van der Waals surface area contributed by atoms with E-state index in [-0.39, 0.29) is 29.7 Å². The number of carbonyl (C=O) groups excluding carboxylic acids is 2. The van der Waals surface area contributed by atoms with Crippen molar-refractivity contribution in [3.8, 4) is 0 Å². The van der Waals surface area contributed by atoms with Crippen LogP contribution in [0.1, 0.15) is 42.0 Å². The highest BCUT2D eigenvalue weighted by atomic mass is 32.2. The maximum absolute atomic E-state index is 14.3. The number of rotatable bonds is 12. The average Bonchev–Trinajstić information content (AvgIpc) is 3.02. The zero-order chi connectivity index (χ0) is 31.0. The molecule has 0 bridgehead atoms. The monoisotopic (exact) mass is 597 g/mol. The van der Waals surface area contributed by atoms with E-state index in [9.17, 15) is 18.0 Å². The number of carbonyl (C=O) groups is 2. The number of benzene rings is 4. The first-order valence-corrected chi connectivity index (χ1v) is 15.8. The molecule has 0 spiro atoms. The molecule has 8 heteroatoms. The van der Waals surface area contributed by atoms with Crippen molar-refractivity contribution in [2.75, 3.05) is 17.9 Å². The topological polar surface area (TPSA) is 86.8 Å². The molecular formula is C35H39N3O4S. The lowest BCUT2D eigenvalue weighted by atomic mass is 10.0. The van der Waals surface area contributed by atoms with Crippen molar-refractivity contribution in [3.05, 3.63) is 131 Å². The molecule has 0 unspecified atom stereocenters. The van der Waals surface area contributed by atoms with Gasteiger partial charge in [0.15, 0.2) is 0 Å². The van der Waals surface area contributed by atoms with Gasteiger partial charge in [0.1, 0.15) is 12.6 Å². The third kappa shape index (κ3) is 7.90. The second-order valence-corrected chi connectivity index (χ2v) is 12.8. The number of aryl methyl sites for hydroxylation is 1. The predicted molar refractivity (Wildman–Crippen MR) is 171 cm³/mol. The third-order valence-electron chi connectivity index (χ3n) is 7.45. The Labute approximate surface area is 255 Å². The fourth-order valence-electron chi connectivity index (χ4n) is 4.88. The van der Waals surface area contributed by atoms with Gasteiger partial charge in [-0.05, 0) is 53.8 Å². The van der Waals surface area contributed by atoms with Crippen LogP contribution in [-0.2, 0) is 32.6 Å². The van der Waals surface area contributed by atoms with E-state index in [1.807, 2.05) is 73.7 Å². The quantitative estimate of drug-likeness (QED) is 0.227. The molecule has 0 saturated carbocycles. The number of nitrogens with one attached hydrogen (secondary N) is 1. The molecule has 0 aromatic heterocycles. The number of hydrogen-bond acceptors (Lipinski definition) is 4. The average molecular weight is 598 g/mol. The standard InChI is InChI=1S/C35H39N3O4S/c1-26(2)30-19-21-31(22-20-30)38(43(41,42)32-13-9-6-10-14-32)25-34(39)37(24-29-17-15-27(3)16-18-29)33(35(40)36-4)23-28-11-7-5-8-12-28/h5-22,26,33H,23-25H2,1-4H3,(H,36,40)/t33-/m0/s1. The van der Waals surface area contributed by atoms with Gasteiger partial charge in [-0.2, -0.15) is 0 Å². The molecule has 0 aliphatic rings. The molecule has 0 saturated heterocycles. The van der Waals surface area contributed by atoms with E-state index in [4.69, 9.17) is 0 Å². The maximum atomic E-state index is 14.3. The van der Waals surface area contributed by atoms with E-state index in [0.717, 1.165) is 26.6 Å². The van der Waals surface area contributed by atoms with Crippen molar-refractivity contribution in [2.45, 2.75) is 50.6 Å². The molecule has 0 fully saturated rings. The van der Waals surface area contributed by atoms with Crippen LogP contribution in [0.15, 0.2) is 114 Å². The summed E-state index contributed by atoms with van der Waals surface area (Å²) in [5.41, 5.74) is 4.21. The second kappa shape index (κ2) is 14.2. The first-order chi connectivity index (χ1) is 20.6. The lowest BCUT2D eigenvalue weighted by Gasteiger charge is -2.33. The minimum Gasteiger partial charge on any atom is -0.357 e. The van der Waals surface area contributed by atoms with E-state index in [1.165, 1.54) is 24.1 Å². The lowest BCUT2D eigenvalue weighted by molar-refractivity contribution is -0.139. The highest BCUT2D eigenvalue weighted by Gasteiger charge is 2.34. The molecule has 4 rings (SSSR count). The van der Waals surface area contributed by atoms with Gasteiger partial charge in [0.2, 0.25) is 11.8 Å². The summed E-state index contributed by atoms with van der Waals surface area (Å²) in [6.45, 7) is 5.76. The summed E-state index contributed by atoms with van der Waals surface area (Å²) < 4.78 is 29.2. The Balaban J connectivity index is 1.78. The molecule has 0 aliphatic carbocycles. The Hall–Kier alpha value is -4.43. The molecule has 0 aliphatic heterocycles. The van der Waals surface area contributed by atoms with Crippen LogP contribution in [0.2, 0.25) is 0 Å². The number of anilines is 1. The van der Waals surface area contributed by atoms with Gasteiger partial charge in [-0.1, -0.05) is 104 Å². The summed E-state index contributed by atoms with van der Waals surface area (Å²) in [4.78, 5) is 29.3. The zero-order valence-corrected chi connectivity index (χ0v) is 25.9. The van der Waals surface area contributed by atoms with E-state index in [0.29, 0.717) is 5.69 Å². The Morgan fingerprint density at radius 1 is 0.767 bits per heavy atom. The number of nitrogens with zero attached hydrogens (tertiary/aromatic N) is 2. The fraction of sp³-hybridized carbons (Fsp3) is 0.257. The van der Waals surface area contributed by atoms with Crippen LogP contribution in [0.3, 0.4) is 0 Å². The molecule has 4 aromatic carbocycles. The molecule has 4 aromatic rings. The Morgan fingerprint density at radius 3 is 1.91 bits per heavy atom. The van der Waals surface area contributed by atoms with Crippen LogP contribution < -0.4 is 9.62 Å². The number of hydrogen-bond donors (Lipinski definition) is 1. The van der Waals surface area contributed by atoms with Crippen molar-refractivity contribution in [3.63, 3.8) is 0 Å². The van der Waals surface area contributed by atoms with Gasteiger partial charge in [-0.3, -0.25) is 13.9 Å². The molecule has 1 N–H and O–H groups in total. The second-order valence-electron chi connectivity index (χ2n) is 10.9. The highest BCUT2D eigenvalue weighted by Crippen LogP contribution is 2.27. The van der Waals surface area contributed by atoms with Crippen LogP contribution in [0, 0.1) is 6.92 Å². The summed E-state index contributed by atoms with van der Waals surface area (Å²) in [7, 11) is -2.58. The van der Waals surface area contributed by atoms with E-state index in [1.54, 1.807) is 30.3 Å². The summed E-state index contributed by atoms with van der Waals surface area (Å²) >= 11 is 0. The van der Waals surface area contributed by atoms with Crippen molar-refractivity contribution < 1.29 is 18.0 Å². The lowest BCUT2D eigenvalue weighted by Crippen LogP contribution is -2.53. The van der Waals surface area contributed by atoms with Gasteiger partial charge in [0.05, 0.1) is 10.6 Å². The largest absolute Gasteiger partial charge is 0.357 e. The molecule has 43 heavy (non-hydrogen) atoms. The zero-order valence-electron chi connectivity index (χ0n) is 25.1. The van der Waals surface area contributed by atoms with Crippen LogP contribution in [-0.4, -0.2) is 44.8 Å². The fourth-order valence-corrected chi connectivity index (χ4v) is 6.32. The highest BCUT2D eigenvalue weighted by molar-refractivity contribution is 7.92. The normalized spacial score (nSPS) is 12.0. The van der Waals surface area contributed by atoms with Crippen LogP contribution in [0.5, 0.6) is 0 Å². The first-order valence-electron chi connectivity index (χ1n) is 14.4. The smallest absolute Gasteiger partial charge is 0.264 e. The molecular weight excluding hydrogens is 558 g/mol. The van der Waals surface area contributed by atoms with Crippen molar-refractivity contribution in [2.24, 2.45) is 0 Å². The summed E-state index contributed by atoms with van der Waals surface area (Å²) in [5, 5.41) is 2.71. The summed E-state index contributed by atoms with van der Waals surface area (Å²) in [6, 6.07) is 31.7. The Kier molecular flexibility index (Phi) is 10.4. The van der Waals surface area contributed by atoms with Crippen molar-refractivity contribution >= 4 is 27.5 Å². The first kappa shape index (κ1) is 31.5. The molecule has 7 nitrogen and oxygen atoms in total. The van der Waals surface area contributed by atoms with Gasteiger partial charge >= 0.3 is 0 Å². The molecule has 1 atom stereocenters. The predicted octanol–water partition coefficient (Wildman–Crippen LogP) is 5.70. The van der Waals surface area contributed by atoms with Crippen LogP contribution in [0.4, 0.5) is 5.69 Å². The third-order valence-corrected chi connectivity index (χ3v) is 9.24. The van der Waals surface area contributed by atoms with Crippen LogP contribution >= 0.6 is 0 Å². The van der Waals surface area contributed by atoms with Crippen molar-refractivity contribution in [1.29, 1.82) is 0 Å². The maximum Gasteiger partial charge on any atom is 0.264 e. The van der Waals surface area contributed by atoms with E-state index < -0.39 is 28.5 Å². The Morgan fingerprint density at radius 2 is 1.35 bits per heavy atom. The number of sulfonamides is 1. The SMILES string of the molecule is CNC(=O)[C@H](Cc1ccccc1)N(Cc1ccc(C)cc1)C(=O)CN(c1ccc(C(C)C)cc1)S(=O)(=O)c1ccccc1. The van der Waals surface area contributed by atoms with Gasteiger partial charge < -0.3 is 10.2 Å².